The molecule has 4 bridgehead atoms. The van der Waals surface area contributed by atoms with Crippen LogP contribution in [0.5, 0.6) is 0 Å². The molecule has 4 fully saturated rings. The molecule has 4 aliphatic carbocycles. The zero-order chi connectivity index (χ0) is 18.6. The average Bonchev–Trinajstić information content (AvgIpc) is 2.79. The van der Waals surface area contributed by atoms with E-state index in [-0.39, 0.29) is 16.4 Å². The van der Waals surface area contributed by atoms with Gasteiger partial charge in [-0.2, -0.15) is 0 Å². The number of anilines is 1. The topological polar surface area (TPSA) is 84.2 Å². The second kappa shape index (κ2) is 6.30. The number of thiophene rings is 1. The van der Waals surface area contributed by atoms with Crippen LogP contribution in [-0.2, 0) is 4.79 Å². The van der Waals surface area contributed by atoms with E-state index in [4.69, 9.17) is 18.0 Å². The lowest BCUT2D eigenvalue weighted by atomic mass is 9.49. The van der Waals surface area contributed by atoms with Gasteiger partial charge in [-0.15, -0.1) is 11.3 Å². The number of nitrogens with one attached hydrogen (secondary N) is 2. The second-order valence-corrected chi connectivity index (χ2v) is 10.1. The van der Waals surface area contributed by atoms with Gasteiger partial charge in [0.15, 0.2) is 5.11 Å². The van der Waals surface area contributed by atoms with Crippen molar-refractivity contribution in [2.45, 2.75) is 52.4 Å². The van der Waals surface area contributed by atoms with Gasteiger partial charge in [-0.3, -0.25) is 9.59 Å². The number of hydrogen-bond acceptors (Lipinski definition) is 4. The minimum atomic E-state index is -0.482. The summed E-state index contributed by atoms with van der Waals surface area (Å²) in [6.07, 6.45) is 6.88. The molecule has 2 amide bonds. The van der Waals surface area contributed by atoms with Crippen LogP contribution in [-0.4, -0.2) is 16.9 Å². The molecule has 0 unspecified atom stereocenters. The van der Waals surface area contributed by atoms with E-state index in [9.17, 15) is 9.59 Å². The summed E-state index contributed by atoms with van der Waals surface area (Å²) in [7, 11) is 0. The monoisotopic (exact) mass is 391 g/mol. The van der Waals surface area contributed by atoms with Crippen LogP contribution in [0.4, 0.5) is 5.00 Å². The molecule has 4 N–H and O–H groups in total. The molecule has 140 valence electrons. The Bertz CT molecular complexity index is 764. The zero-order valence-electron chi connectivity index (χ0n) is 15.2. The van der Waals surface area contributed by atoms with Gasteiger partial charge >= 0.3 is 0 Å². The summed E-state index contributed by atoms with van der Waals surface area (Å²) in [4.78, 5) is 25.8. The highest BCUT2D eigenvalue weighted by molar-refractivity contribution is 7.80. The molecule has 5 rings (SSSR count). The van der Waals surface area contributed by atoms with Crippen LogP contribution in [0.3, 0.4) is 0 Å². The molecule has 1 aromatic heterocycles. The highest BCUT2D eigenvalue weighted by Crippen LogP contribution is 2.60. The summed E-state index contributed by atoms with van der Waals surface area (Å²) in [6, 6.07) is 0. The third-order valence-corrected chi connectivity index (χ3v) is 7.93. The van der Waals surface area contributed by atoms with Crippen molar-refractivity contribution >= 4 is 45.5 Å². The number of nitrogens with two attached hydrogens (primary N) is 1. The van der Waals surface area contributed by atoms with Crippen molar-refractivity contribution in [3.05, 3.63) is 16.0 Å². The highest BCUT2D eigenvalue weighted by atomic mass is 32.1. The second-order valence-electron chi connectivity index (χ2n) is 8.46. The Labute approximate surface area is 163 Å². The fourth-order valence-electron chi connectivity index (χ4n) is 5.77. The van der Waals surface area contributed by atoms with Gasteiger partial charge in [-0.1, -0.05) is 0 Å². The lowest BCUT2D eigenvalue weighted by Gasteiger charge is -2.55. The Morgan fingerprint density at radius 2 is 1.65 bits per heavy atom. The van der Waals surface area contributed by atoms with Crippen LogP contribution in [0.15, 0.2) is 0 Å². The van der Waals surface area contributed by atoms with Gasteiger partial charge in [-0.25, -0.2) is 0 Å². The van der Waals surface area contributed by atoms with Crippen molar-refractivity contribution < 1.29 is 9.59 Å². The predicted molar refractivity (Wildman–Crippen MR) is 107 cm³/mol. The Balaban J connectivity index is 1.47. The first-order valence-corrected chi connectivity index (χ1v) is 10.5. The molecule has 0 aliphatic heterocycles. The largest absolute Gasteiger partial charge is 0.365 e. The Morgan fingerprint density at radius 1 is 1.12 bits per heavy atom. The van der Waals surface area contributed by atoms with Crippen molar-refractivity contribution in [3.8, 4) is 0 Å². The van der Waals surface area contributed by atoms with Crippen molar-refractivity contribution in [1.29, 1.82) is 0 Å². The van der Waals surface area contributed by atoms with E-state index in [2.05, 4.69) is 10.6 Å². The Hall–Kier alpha value is -1.47. The highest BCUT2D eigenvalue weighted by Gasteiger charge is 2.54. The third kappa shape index (κ3) is 2.95. The smallest absolute Gasteiger partial charge is 0.251 e. The fourth-order valence-corrected chi connectivity index (χ4v) is 7.10. The molecule has 26 heavy (non-hydrogen) atoms. The molecule has 7 heteroatoms. The van der Waals surface area contributed by atoms with E-state index < -0.39 is 5.91 Å². The third-order valence-electron chi connectivity index (χ3n) is 6.61. The maximum absolute atomic E-state index is 13.1. The first-order valence-electron chi connectivity index (χ1n) is 9.29. The van der Waals surface area contributed by atoms with Crippen LogP contribution in [0, 0.1) is 37.0 Å². The maximum atomic E-state index is 13.1. The molecule has 0 aromatic carbocycles. The predicted octanol–water partition coefficient (Wildman–Crippen LogP) is 3.49. The van der Waals surface area contributed by atoms with E-state index in [0.717, 1.165) is 29.7 Å². The summed E-state index contributed by atoms with van der Waals surface area (Å²) < 4.78 is 0. The number of carbonyl (C=O) groups excluding carboxylic acids is 2. The van der Waals surface area contributed by atoms with Crippen molar-refractivity contribution in [1.82, 2.24) is 5.32 Å². The van der Waals surface area contributed by atoms with Gasteiger partial charge in [0.1, 0.15) is 5.00 Å². The molecule has 0 saturated heterocycles. The van der Waals surface area contributed by atoms with Gasteiger partial charge in [0.25, 0.3) is 5.91 Å². The number of primary amides is 1. The average molecular weight is 392 g/mol. The Morgan fingerprint density at radius 3 is 2.15 bits per heavy atom. The van der Waals surface area contributed by atoms with Crippen LogP contribution in [0.25, 0.3) is 0 Å². The normalized spacial score (nSPS) is 31.7. The molecular formula is C19H25N3O2S2. The molecular weight excluding hydrogens is 366 g/mol. The van der Waals surface area contributed by atoms with E-state index in [0.29, 0.717) is 28.3 Å². The quantitative estimate of drug-likeness (QED) is 0.689. The summed E-state index contributed by atoms with van der Waals surface area (Å²) in [6.45, 7) is 3.81. The summed E-state index contributed by atoms with van der Waals surface area (Å²) >= 11 is 6.81. The number of amides is 2. The van der Waals surface area contributed by atoms with Crippen LogP contribution < -0.4 is 16.4 Å². The van der Waals surface area contributed by atoms with Gasteiger partial charge in [-0.05, 0) is 87.9 Å². The number of carbonyl (C=O) groups is 2. The number of aryl methyl sites for hydroxylation is 1. The standard InChI is InChI=1S/C19H25N3O2S2/c1-9-10(2)26-16(14(9)15(20)23)21-18(25)22-17(24)19-6-11-3-12(7-19)5-13(4-11)8-19/h11-13H,3-8H2,1-2H3,(H2,20,23)(H2,21,22,24,25). The van der Waals surface area contributed by atoms with Gasteiger partial charge < -0.3 is 16.4 Å². The summed E-state index contributed by atoms with van der Waals surface area (Å²) in [5, 5.41) is 6.82. The van der Waals surface area contributed by atoms with E-state index in [1.54, 1.807) is 0 Å². The van der Waals surface area contributed by atoms with Crippen molar-refractivity contribution in [2.75, 3.05) is 5.32 Å². The fraction of sp³-hybridized carbons (Fsp3) is 0.632. The molecule has 1 heterocycles. The van der Waals surface area contributed by atoms with Crippen LogP contribution in [0.2, 0.25) is 0 Å². The van der Waals surface area contributed by atoms with Gasteiger partial charge in [0, 0.05) is 4.88 Å². The van der Waals surface area contributed by atoms with Crippen molar-refractivity contribution in [3.63, 3.8) is 0 Å². The molecule has 1 aromatic rings. The molecule has 0 spiro atoms. The van der Waals surface area contributed by atoms with Gasteiger partial charge in [0.05, 0.1) is 11.0 Å². The molecule has 4 aliphatic rings. The number of thiocarbonyl (C=S) groups is 1. The first-order chi connectivity index (χ1) is 12.3. The SMILES string of the molecule is Cc1sc(NC(=S)NC(=O)C23CC4CC(CC(C4)C2)C3)c(C(N)=O)c1C. The molecule has 0 radical (unpaired) electrons. The van der Waals surface area contributed by atoms with Crippen LogP contribution >= 0.6 is 23.6 Å². The minimum absolute atomic E-state index is 0.0553. The molecule has 4 saturated carbocycles. The minimum Gasteiger partial charge on any atom is -0.365 e. The van der Waals surface area contributed by atoms with Crippen molar-refractivity contribution in [2.24, 2.45) is 28.9 Å². The number of rotatable bonds is 3. The maximum Gasteiger partial charge on any atom is 0.251 e. The van der Waals surface area contributed by atoms with E-state index >= 15 is 0 Å². The van der Waals surface area contributed by atoms with E-state index in [1.165, 1.54) is 30.6 Å². The van der Waals surface area contributed by atoms with Gasteiger partial charge in [0.2, 0.25) is 5.91 Å². The summed E-state index contributed by atoms with van der Waals surface area (Å²) in [5.74, 6) is 1.69. The molecule has 5 nitrogen and oxygen atoms in total. The van der Waals surface area contributed by atoms with Crippen LogP contribution in [0.1, 0.15) is 59.3 Å². The zero-order valence-corrected chi connectivity index (χ0v) is 16.8. The number of hydrogen-bond donors (Lipinski definition) is 3. The Kier molecular flexibility index (Phi) is 4.34. The lowest BCUT2D eigenvalue weighted by molar-refractivity contribution is -0.144. The lowest BCUT2D eigenvalue weighted by Crippen LogP contribution is -2.55. The first kappa shape index (κ1) is 17.9. The van der Waals surface area contributed by atoms with E-state index in [1.807, 2.05) is 13.8 Å². The summed E-state index contributed by atoms with van der Waals surface area (Å²) in [5.41, 5.74) is 6.58. The molecule has 0 atom stereocenters.